The highest BCUT2D eigenvalue weighted by atomic mass is 32.2. The predicted molar refractivity (Wildman–Crippen MR) is 156 cm³/mol. The first-order valence-corrected chi connectivity index (χ1v) is 15.8. The number of nitrogens with one attached hydrogen (secondary N) is 1. The lowest BCUT2D eigenvalue weighted by Gasteiger charge is -2.54. The lowest BCUT2D eigenvalue weighted by atomic mass is 9.51. The van der Waals surface area contributed by atoms with Crippen LogP contribution in [0.15, 0.2) is 77.7 Å². The van der Waals surface area contributed by atoms with Crippen molar-refractivity contribution in [1.29, 1.82) is 0 Å². The second-order valence-electron chi connectivity index (χ2n) is 12.0. The van der Waals surface area contributed by atoms with E-state index in [1.54, 1.807) is 36.4 Å². The van der Waals surface area contributed by atoms with Crippen molar-refractivity contribution in [1.82, 2.24) is 0 Å². The van der Waals surface area contributed by atoms with Gasteiger partial charge in [-0.25, -0.2) is 8.42 Å². The fourth-order valence-electron chi connectivity index (χ4n) is 7.64. The predicted octanol–water partition coefficient (Wildman–Crippen LogP) is 6.93. The minimum Gasteiger partial charge on any atom is -0.325 e. The van der Waals surface area contributed by atoms with Crippen molar-refractivity contribution in [2.24, 2.45) is 23.7 Å². The number of hydrogen-bond acceptors (Lipinski definition) is 3. The van der Waals surface area contributed by atoms with Crippen LogP contribution < -0.4 is 9.62 Å². The third-order valence-electron chi connectivity index (χ3n) is 9.33. The molecule has 0 aromatic heterocycles. The summed E-state index contributed by atoms with van der Waals surface area (Å²) in [6.07, 6.45) is 7.80. The van der Waals surface area contributed by atoms with E-state index in [0.29, 0.717) is 17.3 Å². The number of hydrogen-bond donors (Lipinski definition) is 1. The van der Waals surface area contributed by atoms with Crippen molar-refractivity contribution < 1.29 is 13.2 Å². The van der Waals surface area contributed by atoms with Gasteiger partial charge in [-0.2, -0.15) is 0 Å². The molecule has 1 amide bonds. The van der Waals surface area contributed by atoms with Crippen LogP contribution in [0, 0.1) is 30.6 Å². The Bertz CT molecular complexity index is 1400. The molecule has 0 radical (unpaired) electrons. The van der Waals surface area contributed by atoms with Crippen LogP contribution in [0.4, 0.5) is 11.4 Å². The smallest absolute Gasteiger partial charge is 0.264 e. The topological polar surface area (TPSA) is 66.5 Å². The summed E-state index contributed by atoms with van der Waals surface area (Å²) in [7, 11) is -3.94. The third kappa shape index (κ3) is 5.23. The number of anilines is 2. The summed E-state index contributed by atoms with van der Waals surface area (Å²) in [5, 5.41) is 2.95. The highest BCUT2D eigenvalue weighted by Crippen LogP contribution is 2.59. The zero-order valence-corrected chi connectivity index (χ0v) is 23.7. The molecule has 4 aliphatic carbocycles. The van der Waals surface area contributed by atoms with Crippen LogP contribution in [0.3, 0.4) is 0 Å². The Hall–Kier alpha value is -3.12. The van der Waals surface area contributed by atoms with Crippen LogP contribution in [-0.4, -0.2) is 20.9 Å². The second-order valence-corrected chi connectivity index (χ2v) is 13.8. The minimum absolute atomic E-state index is 0.167. The van der Waals surface area contributed by atoms with Crippen LogP contribution in [0.25, 0.3) is 0 Å². The number of aryl methyl sites for hydroxylation is 2. The van der Waals surface area contributed by atoms with E-state index in [0.717, 1.165) is 41.2 Å². The van der Waals surface area contributed by atoms with E-state index >= 15 is 0 Å². The van der Waals surface area contributed by atoms with Gasteiger partial charge in [-0.05, 0) is 123 Å². The lowest BCUT2D eigenvalue weighted by molar-refractivity contribution is -0.114. The average Bonchev–Trinajstić information content (AvgIpc) is 2.92. The Labute approximate surface area is 232 Å². The molecule has 0 aliphatic heterocycles. The Balaban J connectivity index is 1.19. The number of benzene rings is 3. The Morgan fingerprint density at radius 3 is 1.97 bits per heavy atom. The van der Waals surface area contributed by atoms with Gasteiger partial charge in [0.05, 0.1) is 10.6 Å². The molecule has 5 nitrogen and oxygen atoms in total. The van der Waals surface area contributed by atoms with Gasteiger partial charge in [-0.1, -0.05) is 48.9 Å². The van der Waals surface area contributed by atoms with Gasteiger partial charge in [0.1, 0.15) is 6.54 Å². The number of rotatable bonds is 8. The fraction of sp³-hybridized carbons (Fsp3) is 0.424. The standard InChI is InChI=1S/C33H38N2O3S/c1-3-23-6-12-30(13-7-23)35(39(37,38)31-14-4-22(2)5-15-31)21-32(36)34-29-10-8-26(9-11-29)33-27-17-24-16-25(19-27)20-28(33)18-24/h4-15,24-25,27-28,33H,3,16-21H2,1-2H3,(H,34,36). The molecule has 4 aliphatic rings. The van der Waals surface area contributed by atoms with Gasteiger partial charge < -0.3 is 5.32 Å². The lowest BCUT2D eigenvalue weighted by Crippen LogP contribution is -2.43. The van der Waals surface area contributed by atoms with Crippen molar-refractivity contribution in [3.05, 3.63) is 89.5 Å². The molecule has 0 spiro atoms. The van der Waals surface area contributed by atoms with E-state index in [1.165, 1.54) is 42.0 Å². The van der Waals surface area contributed by atoms with Crippen LogP contribution in [0.1, 0.15) is 61.6 Å². The Kier molecular flexibility index (Phi) is 7.00. The third-order valence-corrected chi connectivity index (χ3v) is 11.1. The van der Waals surface area contributed by atoms with Gasteiger partial charge in [-0.15, -0.1) is 0 Å². The quantitative estimate of drug-likeness (QED) is 0.336. The van der Waals surface area contributed by atoms with Crippen molar-refractivity contribution in [2.75, 3.05) is 16.2 Å². The molecule has 3 aromatic carbocycles. The first-order valence-electron chi connectivity index (χ1n) is 14.4. The van der Waals surface area contributed by atoms with Gasteiger partial charge >= 0.3 is 0 Å². The van der Waals surface area contributed by atoms with E-state index in [4.69, 9.17) is 0 Å². The summed E-state index contributed by atoms with van der Waals surface area (Å²) in [4.78, 5) is 13.4. The molecular formula is C33H38N2O3S. The normalized spacial score (nSPS) is 25.4. The van der Waals surface area contributed by atoms with E-state index in [-0.39, 0.29) is 17.3 Å². The molecule has 0 saturated heterocycles. The molecule has 7 rings (SSSR count). The molecule has 0 atom stereocenters. The van der Waals surface area contributed by atoms with Crippen LogP contribution in [0.5, 0.6) is 0 Å². The second kappa shape index (κ2) is 10.5. The van der Waals surface area contributed by atoms with Gasteiger partial charge in [-0.3, -0.25) is 9.10 Å². The Morgan fingerprint density at radius 1 is 0.821 bits per heavy atom. The van der Waals surface area contributed by atoms with Crippen LogP contribution in [0.2, 0.25) is 0 Å². The van der Waals surface area contributed by atoms with Crippen LogP contribution >= 0.6 is 0 Å². The highest BCUT2D eigenvalue weighted by Gasteiger charge is 2.48. The first kappa shape index (κ1) is 26.1. The van der Waals surface area contributed by atoms with Gasteiger partial charge in [0.15, 0.2) is 0 Å². The van der Waals surface area contributed by atoms with E-state index in [2.05, 4.69) is 24.4 Å². The number of sulfonamides is 1. The van der Waals surface area contributed by atoms with E-state index in [1.807, 2.05) is 31.2 Å². The molecule has 1 N–H and O–H groups in total. The highest BCUT2D eigenvalue weighted by molar-refractivity contribution is 7.92. The maximum atomic E-state index is 13.7. The molecular weight excluding hydrogens is 504 g/mol. The maximum Gasteiger partial charge on any atom is 0.264 e. The summed E-state index contributed by atoms with van der Waals surface area (Å²) in [6.45, 7) is 3.66. The Morgan fingerprint density at radius 2 is 1.41 bits per heavy atom. The van der Waals surface area contributed by atoms with E-state index < -0.39 is 10.0 Å². The molecule has 0 heterocycles. The summed E-state index contributed by atoms with van der Waals surface area (Å²) < 4.78 is 28.6. The number of amides is 1. The maximum absolute atomic E-state index is 13.7. The first-order chi connectivity index (χ1) is 18.8. The van der Waals surface area contributed by atoms with Crippen molar-refractivity contribution in [3.63, 3.8) is 0 Å². The molecule has 4 fully saturated rings. The molecule has 4 saturated carbocycles. The largest absolute Gasteiger partial charge is 0.325 e. The minimum atomic E-state index is -3.94. The molecule has 204 valence electrons. The zero-order chi connectivity index (χ0) is 27.1. The molecule has 3 aromatic rings. The summed E-state index contributed by atoms with van der Waals surface area (Å²) >= 11 is 0. The summed E-state index contributed by atoms with van der Waals surface area (Å²) in [6, 6.07) is 22.4. The van der Waals surface area contributed by atoms with E-state index in [9.17, 15) is 13.2 Å². The van der Waals surface area contributed by atoms with Crippen LogP contribution in [-0.2, 0) is 21.2 Å². The zero-order valence-electron chi connectivity index (χ0n) is 22.8. The summed E-state index contributed by atoms with van der Waals surface area (Å²) in [5.74, 6) is 3.78. The molecule has 0 unspecified atom stereocenters. The number of carbonyl (C=O) groups excluding carboxylic acids is 1. The van der Waals surface area contributed by atoms with Crippen molar-refractivity contribution in [3.8, 4) is 0 Å². The number of carbonyl (C=O) groups is 1. The van der Waals surface area contributed by atoms with Gasteiger partial charge in [0.25, 0.3) is 10.0 Å². The number of nitrogens with zero attached hydrogens (tertiary/aromatic N) is 1. The molecule has 6 heteroatoms. The molecule has 4 bridgehead atoms. The average molecular weight is 543 g/mol. The van der Waals surface area contributed by atoms with Crippen molar-refractivity contribution >= 4 is 27.3 Å². The van der Waals surface area contributed by atoms with Gasteiger partial charge in [0, 0.05) is 5.69 Å². The summed E-state index contributed by atoms with van der Waals surface area (Å²) in [5.41, 5.74) is 4.64. The fourth-order valence-corrected chi connectivity index (χ4v) is 9.06. The SMILES string of the molecule is CCc1ccc(N(CC(=O)Nc2ccc(C3C4CC5CC(C4)CC3C5)cc2)S(=O)(=O)c2ccc(C)cc2)cc1. The van der Waals surface area contributed by atoms with Crippen molar-refractivity contribution in [2.45, 2.75) is 63.2 Å². The molecule has 39 heavy (non-hydrogen) atoms. The van der Waals surface area contributed by atoms with Gasteiger partial charge in [0.2, 0.25) is 5.91 Å². The monoisotopic (exact) mass is 542 g/mol.